The summed E-state index contributed by atoms with van der Waals surface area (Å²) in [7, 11) is 1.53. The Morgan fingerprint density at radius 1 is 0.909 bits per heavy atom. The Morgan fingerprint density at radius 2 is 1.75 bits per heavy atom. The molecular formula is C45H49NO9. The molecule has 10 heteroatoms. The van der Waals surface area contributed by atoms with Gasteiger partial charge in [0, 0.05) is 42.3 Å². The van der Waals surface area contributed by atoms with Crippen molar-refractivity contribution < 1.29 is 44.2 Å². The number of nitrogens with one attached hydrogen (secondary N) is 1. The first-order valence-corrected chi connectivity index (χ1v) is 19.3. The number of aliphatic hydroxyl groups is 2. The molecule has 3 aliphatic rings. The van der Waals surface area contributed by atoms with Crippen molar-refractivity contribution in [1.29, 1.82) is 0 Å². The predicted molar refractivity (Wildman–Crippen MR) is 208 cm³/mol. The fraction of sp³-hybridized carbons (Fsp3) is 0.422. The fourth-order valence-electron chi connectivity index (χ4n) is 8.96. The largest absolute Gasteiger partial charge is 0.504 e. The average Bonchev–Trinajstić information content (AvgIpc) is 3.49. The van der Waals surface area contributed by atoms with Crippen molar-refractivity contribution in [3.05, 3.63) is 88.6 Å². The minimum atomic E-state index is -0.719. The second-order valence-electron chi connectivity index (χ2n) is 15.0. The van der Waals surface area contributed by atoms with E-state index in [2.05, 4.69) is 29.0 Å². The molecule has 2 aliphatic carbocycles. The van der Waals surface area contributed by atoms with Crippen molar-refractivity contribution in [1.82, 2.24) is 4.98 Å². The number of esters is 1. The van der Waals surface area contributed by atoms with Crippen LogP contribution in [0.15, 0.2) is 60.7 Å². The topological polar surface area (TPSA) is 159 Å². The quantitative estimate of drug-likeness (QED) is 0.0923. The van der Waals surface area contributed by atoms with E-state index in [1.54, 1.807) is 18.2 Å². The van der Waals surface area contributed by atoms with Gasteiger partial charge < -0.3 is 39.6 Å². The standard InChI is InChI=1S/C45H49NO9/c1-53-42-26-37-35-24-30(49)23-31(14-11-27-12-15-40(50)43(21-27)54-19-18-48)55-44(52)9-5-3-7-33-32-6-2-4-8-39(32)46-45(33)38(36(37)25-41(42)51)22-29-13-10-28(16-17-47)20-34(29)35/h2,4,6,8,12,15,21-22,25-26,28-29,31,34-35,46-48,50-51H,7,9-11,13-14,16-20,23-24H2,1H3/t28-,29-,31-,34-,35-/m1/s1. The van der Waals surface area contributed by atoms with Gasteiger partial charge in [-0.3, -0.25) is 9.59 Å². The molecule has 0 amide bonds. The normalized spacial score (nSPS) is 22.7. The summed E-state index contributed by atoms with van der Waals surface area (Å²) in [4.78, 5) is 31.4. The van der Waals surface area contributed by atoms with E-state index in [1.165, 1.54) is 13.2 Å². The maximum atomic E-state index is 14.4. The van der Waals surface area contributed by atoms with Gasteiger partial charge >= 0.3 is 5.97 Å². The number of methoxy groups -OCH3 is 1. The summed E-state index contributed by atoms with van der Waals surface area (Å²) >= 11 is 0. The number of Topliss-reactive ketones (excluding diaryl/α,β-unsaturated/α-hetero) is 1. The van der Waals surface area contributed by atoms with Gasteiger partial charge in [-0.2, -0.15) is 0 Å². The highest BCUT2D eigenvalue weighted by molar-refractivity contribution is 5.94. The predicted octanol–water partition coefficient (Wildman–Crippen LogP) is 6.75. The molecule has 10 nitrogen and oxygen atoms in total. The number of aromatic amines is 1. The van der Waals surface area contributed by atoms with Gasteiger partial charge in [-0.25, -0.2) is 0 Å². The number of benzene rings is 3. The number of aromatic nitrogens is 1. The monoisotopic (exact) mass is 747 g/mol. The van der Waals surface area contributed by atoms with Crippen LogP contribution in [0.3, 0.4) is 0 Å². The van der Waals surface area contributed by atoms with Crippen molar-refractivity contribution in [2.24, 2.45) is 17.8 Å². The van der Waals surface area contributed by atoms with Crippen LogP contribution in [0, 0.1) is 29.6 Å². The third-order valence-corrected chi connectivity index (χ3v) is 11.6. The highest BCUT2D eigenvalue weighted by Crippen LogP contribution is 2.53. The highest BCUT2D eigenvalue weighted by atomic mass is 16.5. The minimum Gasteiger partial charge on any atom is -0.504 e. The molecule has 288 valence electrons. The van der Waals surface area contributed by atoms with Gasteiger partial charge in [-0.1, -0.05) is 42.2 Å². The Kier molecular flexibility index (Phi) is 11.8. The van der Waals surface area contributed by atoms with E-state index in [0.29, 0.717) is 37.4 Å². The number of fused-ring (bicyclic) bond motifs is 6. The summed E-state index contributed by atoms with van der Waals surface area (Å²) in [6, 6.07) is 16.7. The average molecular weight is 748 g/mol. The number of aliphatic hydroxyl groups excluding tert-OH is 2. The summed E-state index contributed by atoms with van der Waals surface area (Å²) in [5, 5.41) is 41.7. The number of hydrogen-bond donors (Lipinski definition) is 5. The number of ketones is 1. The molecule has 1 aliphatic heterocycles. The lowest BCUT2D eigenvalue weighted by Crippen LogP contribution is -2.31. The first kappa shape index (κ1) is 38.1. The molecular weight excluding hydrogens is 698 g/mol. The molecule has 1 saturated carbocycles. The molecule has 2 heterocycles. The number of phenolic OH excluding ortho intramolecular Hbond substituents is 2. The van der Waals surface area contributed by atoms with Crippen LogP contribution in [0.4, 0.5) is 0 Å². The van der Waals surface area contributed by atoms with Crippen LogP contribution in [0.2, 0.25) is 0 Å². The number of carbonyl (C=O) groups is 2. The van der Waals surface area contributed by atoms with Crippen LogP contribution in [0.25, 0.3) is 16.5 Å². The van der Waals surface area contributed by atoms with E-state index in [0.717, 1.165) is 63.7 Å². The maximum absolute atomic E-state index is 14.4. The zero-order valence-corrected chi connectivity index (χ0v) is 31.2. The number of carbonyl (C=O) groups excluding carboxylic acids is 2. The Balaban J connectivity index is 1.32. The van der Waals surface area contributed by atoms with Crippen molar-refractivity contribution in [2.75, 3.05) is 26.9 Å². The van der Waals surface area contributed by atoms with Crippen LogP contribution in [-0.2, 0) is 27.2 Å². The SMILES string of the molecule is COc1cc2c(cc1O)C1=C[C@H]3CC[C@H](CCO)C[C@H]3[C@H]2CC(=O)C[C@@H](CCc2ccc(O)c(OCCO)c2)OC(=O)CC#CCc2c1[nH]c1ccccc21. The Labute approximate surface area is 321 Å². The number of H-pyrrole nitrogens is 1. The molecule has 3 aromatic carbocycles. The molecule has 5 N–H and O–H groups in total. The minimum absolute atomic E-state index is 0.0100. The van der Waals surface area contributed by atoms with Gasteiger partial charge in [-0.15, -0.1) is 0 Å². The van der Waals surface area contributed by atoms with Crippen LogP contribution in [0.1, 0.15) is 85.2 Å². The highest BCUT2D eigenvalue weighted by Gasteiger charge is 2.41. The molecule has 0 radical (unpaired) electrons. The number of aromatic hydroxyl groups is 2. The van der Waals surface area contributed by atoms with Crippen LogP contribution in [0.5, 0.6) is 23.0 Å². The first-order valence-electron chi connectivity index (χ1n) is 19.3. The van der Waals surface area contributed by atoms with E-state index in [-0.39, 0.29) is 79.9 Å². The van der Waals surface area contributed by atoms with Crippen LogP contribution >= 0.6 is 0 Å². The van der Waals surface area contributed by atoms with Crippen molar-refractivity contribution in [3.63, 3.8) is 0 Å². The van der Waals surface area contributed by atoms with Crippen LogP contribution in [-0.4, -0.2) is 70.2 Å². The summed E-state index contributed by atoms with van der Waals surface area (Å²) < 4.78 is 17.2. The second kappa shape index (κ2) is 17.1. The lowest BCUT2D eigenvalue weighted by atomic mass is 9.65. The number of phenols is 2. The lowest BCUT2D eigenvalue weighted by Gasteiger charge is -2.39. The first-order chi connectivity index (χ1) is 26.8. The maximum Gasteiger partial charge on any atom is 0.318 e. The summed E-state index contributed by atoms with van der Waals surface area (Å²) in [6.07, 6.45) is 6.25. The third kappa shape index (κ3) is 8.38. The van der Waals surface area contributed by atoms with Crippen molar-refractivity contribution in [3.8, 4) is 34.8 Å². The van der Waals surface area contributed by atoms with Gasteiger partial charge in [0.05, 0.1) is 19.4 Å². The van der Waals surface area contributed by atoms with Gasteiger partial charge in [-0.05, 0) is 115 Å². The van der Waals surface area contributed by atoms with E-state index < -0.39 is 12.1 Å². The summed E-state index contributed by atoms with van der Waals surface area (Å²) in [5.74, 6) is 6.51. The van der Waals surface area contributed by atoms with Crippen LogP contribution < -0.4 is 9.47 Å². The number of aryl methyl sites for hydroxylation is 1. The van der Waals surface area contributed by atoms with E-state index >= 15 is 0 Å². The smallest absolute Gasteiger partial charge is 0.318 e. The Hall–Kier alpha value is -5.24. The molecule has 0 saturated heterocycles. The van der Waals surface area contributed by atoms with E-state index in [9.17, 15) is 30.0 Å². The molecule has 2 bridgehead atoms. The molecule has 55 heavy (non-hydrogen) atoms. The van der Waals surface area contributed by atoms with Gasteiger partial charge in [0.15, 0.2) is 23.0 Å². The van der Waals surface area contributed by atoms with E-state index in [4.69, 9.17) is 14.2 Å². The zero-order valence-electron chi connectivity index (χ0n) is 31.2. The van der Waals surface area contributed by atoms with Crippen molar-refractivity contribution in [2.45, 2.75) is 76.2 Å². The molecule has 4 aromatic rings. The van der Waals surface area contributed by atoms with Crippen molar-refractivity contribution >= 4 is 28.2 Å². The van der Waals surface area contributed by atoms with E-state index in [1.807, 2.05) is 24.3 Å². The number of allylic oxidation sites excluding steroid dienone is 1. The van der Waals surface area contributed by atoms with Gasteiger partial charge in [0.2, 0.25) is 0 Å². The number of hydrogen-bond acceptors (Lipinski definition) is 9. The Morgan fingerprint density at radius 3 is 2.56 bits per heavy atom. The lowest BCUT2D eigenvalue weighted by molar-refractivity contribution is -0.149. The number of rotatable bonds is 9. The number of para-hydroxylation sites is 1. The zero-order chi connectivity index (χ0) is 38.5. The molecule has 0 unspecified atom stereocenters. The van der Waals surface area contributed by atoms with Gasteiger partial charge in [0.1, 0.15) is 24.9 Å². The third-order valence-electron chi connectivity index (χ3n) is 11.6. The molecule has 1 fully saturated rings. The molecule has 0 spiro atoms. The fourth-order valence-corrected chi connectivity index (χ4v) is 8.96. The number of cyclic esters (lactones) is 1. The molecule has 5 atom stereocenters. The number of ether oxygens (including phenoxy) is 3. The summed E-state index contributed by atoms with van der Waals surface area (Å²) in [6.45, 7) is -0.0620. The van der Waals surface area contributed by atoms with Gasteiger partial charge in [0.25, 0.3) is 0 Å². The molecule has 7 rings (SSSR count). The second-order valence-corrected chi connectivity index (χ2v) is 15.0. The molecule has 1 aromatic heterocycles. The summed E-state index contributed by atoms with van der Waals surface area (Å²) in [5.41, 5.74) is 6.37. The Bertz CT molecular complexity index is 2140.